The maximum Gasteiger partial charge on any atom is 0.513 e. The van der Waals surface area contributed by atoms with Crippen LogP contribution in [0.4, 0.5) is 9.59 Å². The molecule has 3 rings (SSSR count). The molecule has 0 bridgehead atoms. The monoisotopic (exact) mass is 490 g/mol. The van der Waals surface area contributed by atoms with E-state index in [1.807, 2.05) is 27.7 Å². The van der Waals surface area contributed by atoms with Crippen LogP contribution in [0, 0.1) is 11.8 Å². The molecule has 0 aliphatic carbocycles. The predicted molar refractivity (Wildman–Crippen MR) is 123 cm³/mol. The van der Waals surface area contributed by atoms with E-state index < -0.39 is 24.5 Å². The lowest BCUT2D eigenvalue weighted by Gasteiger charge is -2.32. The summed E-state index contributed by atoms with van der Waals surface area (Å²) >= 11 is 0. The highest BCUT2D eigenvalue weighted by atomic mass is 16.7. The van der Waals surface area contributed by atoms with Crippen LogP contribution < -0.4 is 14.2 Å². The summed E-state index contributed by atoms with van der Waals surface area (Å²) < 4.78 is 26.7. The minimum atomic E-state index is -1.08. The second-order valence-electron chi connectivity index (χ2n) is 9.07. The first-order valence-corrected chi connectivity index (χ1v) is 11.3. The number of hydrogen-bond donors (Lipinski definition) is 3. The third-order valence-corrected chi connectivity index (χ3v) is 4.95. The Labute approximate surface area is 203 Å². The molecule has 35 heavy (non-hydrogen) atoms. The number of aromatic hydroxyl groups is 2. The molecule has 1 aliphatic heterocycles. The van der Waals surface area contributed by atoms with E-state index in [1.54, 1.807) is 0 Å². The van der Waals surface area contributed by atoms with E-state index in [2.05, 4.69) is 0 Å². The van der Waals surface area contributed by atoms with Gasteiger partial charge in [0.05, 0.1) is 19.3 Å². The van der Waals surface area contributed by atoms with Crippen molar-refractivity contribution in [2.75, 3.05) is 13.2 Å². The van der Waals surface area contributed by atoms with Crippen molar-refractivity contribution in [2.24, 2.45) is 11.8 Å². The summed E-state index contributed by atoms with van der Waals surface area (Å²) in [6.07, 6.45) is -3.88. The van der Waals surface area contributed by atoms with Crippen molar-refractivity contribution in [3.63, 3.8) is 0 Å². The van der Waals surface area contributed by atoms with Crippen LogP contribution in [0.3, 0.4) is 0 Å². The molecule has 2 aromatic rings. The molecule has 10 nitrogen and oxygen atoms in total. The Morgan fingerprint density at radius 1 is 0.943 bits per heavy atom. The number of aliphatic hydroxyl groups is 1. The van der Waals surface area contributed by atoms with Gasteiger partial charge in [-0.2, -0.15) is 0 Å². The van der Waals surface area contributed by atoms with Gasteiger partial charge in [-0.3, -0.25) is 0 Å². The van der Waals surface area contributed by atoms with Gasteiger partial charge in [-0.25, -0.2) is 9.59 Å². The Kier molecular flexibility index (Phi) is 8.29. The standard InChI is InChI=1S/C25H30O10/c1-13(2)11-31-24(29)33-16-8-21-17(22(9-16)35-25(30)32-12-14(3)4)10-20(28)23(34-21)15-5-6-18(26)19(27)7-15/h5-9,13-14,20,23,26-28H,10-12H2,1-4H3. The zero-order valence-corrected chi connectivity index (χ0v) is 20.0. The minimum Gasteiger partial charge on any atom is -0.504 e. The normalized spacial score (nSPS) is 16.9. The Morgan fingerprint density at radius 2 is 1.57 bits per heavy atom. The van der Waals surface area contributed by atoms with Gasteiger partial charge in [0, 0.05) is 24.1 Å². The fourth-order valence-electron chi connectivity index (χ4n) is 3.31. The first kappa shape index (κ1) is 26.0. The van der Waals surface area contributed by atoms with Crippen LogP contribution in [0.25, 0.3) is 0 Å². The third-order valence-electron chi connectivity index (χ3n) is 4.95. The van der Waals surface area contributed by atoms with Gasteiger partial charge in [-0.15, -0.1) is 0 Å². The Bertz CT molecular complexity index is 1060. The molecule has 0 radical (unpaired) electrons. The summed E-state index contributed by atoms with van der Waals surface area (Å²) in [4.78, 5) is 24.3. The summed E-state index contributed by atoms with van der Waals surface area (Å²) in [6, 6.07) is 6.78. The van der Waals surface area contributed by atoms with Crippen molar-refractivity contribution in [2.45, 2.75) is 46.3 Å². The van der Waals surface area contributed by atoms with Crippen molar-refractivity contribution in [1.82, 2.24) is 0 Å². The number of ether oxygens (including phenoxy) is 5. The highest BCUT2D eigenvalue weighted by Crippen LogP contribution is 2.43. The average molecular weight is 491 g/mol. The van der Waals surface area contributed by atoms with Gasteiger partial charge in [0.25, 0.3) is 0 Å². The maximum atomic E-state index is 12.2. The molecule has 0 fully saturated rings. The van der Waals surface area contributed by atoms with Crippen molar-refractivity contribution in [3.05, 3.63) is 41.5 Å². The number of benzene rings is 2. The highest BCUT2D eigenvalue weighted by Gasteiger charge is 2.34. The molecule has 0 saturated heterocycles. The summed E-state index contributed by atoms with van der Waals surface area (Å²) in [5.41, 5.74) is 0.765. The first-order chi connectivity index (χ1) is 16.5. The molecule has 0 amide bonds. The van der Waals surface area contributed by atoms with E-state index in [-0.39, 0.29) is 60.2 Å². The van der Waals surface area contributed by atoms with Crippen LogP contribution in [0.1, 0.15) is 44.9 Å². The predicted octanol–water partition coefficient (Wildman–Crippen LogP) is 4.48. The zero-order valence-electron chi connectivity index (χ0n) is 20.0. The molecule has 0 saturated carbocycles. The molecule has 0 spiro atoms. The quantitative estimate of drug-likeness (QED) is 0.289. The molecule has 1 aliphatic rings. The van der Waals surface area contributed by atoms with Crippen LogP contribution in [-0.4, -0.2) is 46.9 Å². The second-order valence-corrected chi connectivity index (χ2v) is 9.07. The lowest BCUT2D eigenvalue weighted by atomic mass is 9.94. The molecule has 2 aromatic carbocycles. The number of rotatable bonds is 7. The SMILES string of the molecule is CC(C)COC(=O)Oc1cc(OC(=O)OCC(C)C)c2c(c1)OC(c1ccc(O)c(O)c1)C(O)C2. The molecule has 3 N–H and O–H groups in total. The number of aliphatic hydroxyl groups excluding tert-OH is 1. The molecule has 2 atom stereocenters. The lowest BCUT2D eigenvalue weighted by molar-refractivity contribution is 0.0190. The number of fused-ring (bicyclic) bond motifs is 1. The van der Waals surface area contributed by atoms with Gasteiger partial charge < -0.3 is 39.0 Å². The number of phenols is 2. The lowest BCUT2D eigenvalue weighted by Crippen LogP contribution is -2.31. The van der Waals surface area contributed by atoms with E-state index in [4.69, 9.17) is 23.7 Å². The van der Waals surface area contributed by atoms with Crippen molar-refractivity contribution < 1.29 is 48.6 Å². The molecule has 10 heteroatoms. The summed E-state index contributed by atoms with van der Waals surface area (Å²) in [7, 11) is 0. The Balaban J connectivity index is 1.91. The van der Waals surface area contributed by atoms with Gasteiger partial charge in [-0.05, 0) is 29.5 Å². The molecule has 0 aromatic heterocycles. The van der Waals surface area contributed by atoms with Gasteiger partial charge in [0.1, 0.15) is 23.4 Å². The van der Waals surface area contributed by atoms with Crippen LogP contribution in [0.5, 0.6) is 28.7 Å². The highest BCUT2D eigenvalue weighted by molar-refractivity contribution is 5.69. The summed E-state index contributed by atoms with van der Waals surface area (Å²) in [5.74, 6) is -0.310. The largest absolute Gasteiger partial charge is 0.513 e. The molecule has 2 unspecified atom stereocenters. The van der Waals surface area contributed by atoms with E-state index in [9.17, 15) is 24.9 Å². The topological polar surface area (TPSA) is 141 Å². The van der Waals surface area contributed by atoms with Gasteiger partial charge in [-0.1, -0.05) is 33.8 Å². The molecule has 190 valence electrons. The number of carbonyl (C=O) groups is 2. The smallest absolute Gasteiger partial charge is 0.504 e. The third kappa shape index (κ3) is 6.92. The number of carbonyl (C=O) groups excluding carboxylic acids is 2. The van der Waals surface area contributed by atoms with Crippen LogP contribution in [0.15, 0.2) is 30.3 Å². The minimum absolute atomic E-state index is 0.00558. The fourth-order valence-corrected chi connectivity index (χ4v) is 3.31. The van der Waals surface area contributed by atoms with Crippen LogP contribution in [-0.2, 0) is 15.9 Å². The Hall–Kier alpha value is -3.66. The first-order valence-electron chi connectivity index (χ1n) is 11.3. The molecule has 1 heterocycles. The van der Waals surface area contributed by atoms with E-state index in [1.165, 1.54) is 30.3 Å². The number of hydrogen-bond acceptors (Lipinski definition) is 10. The average Bonchev–Trinajstić information content (AvgIpc) is 2.78. The van der Waals surface area contributed by atoms with Crippen molar-refractivity contribution in [3.8, 4) is 28.7 Å². The maximum absolute atomic E-state index is 12.2. The van der Waals surface area contributed by atoms with E-state index >= 15 is 0 Å². The Morgan fingerprint density at radius 3 is 2.17 bits per heavy atom. The summed E-state index contributed by atoms with van der Waals surface area (Å²) in [6.45, 7) is 7.80. The van der Waals surface area contributed by atoms with Gasteiger partial charge >= 0.3 is 12.3 Å². The van der Waals surface area contributed by atoms with Crippen LogP contribution >= 0.6 is 0 Å². The van der Waals surface area contributed by atoms with Crippen LogP contribution in [0.2, 0.25) is 0 Å². The number of phenolic OH excluding ortho intramolecular Hbond substituents is 2. The van der Waals surface area contributed by atoms with E-state index in [0.717, 1.165) is 0 Å². The van der Waals surface area contributed by atoms with Crippen molar-refractivity contribution in [1.29, 1.82) is 0 Å². The second kappa shape index (κ2) is 11.2. The zero-order chi connectivity index (χ0) is 25.7. The van der Waals surface area contributed by atoms with E-state index in [0.29, 0.717) is 11.1 Å². The van der Waals surface area contributed by atoms with Gasteiger partial charge in [0.15, 0.2) is 11.5 Å². The molecular weight excluding hydrogens is 460 g/mol. The van der Waals surface area contributed by atoms with Crippen molar-refractivity contribution >= 4 is 12.3 Å². The van der Waals surface area contributed by atoms with Gasteiger partial charge in [0.2, 0.25) is 0 Å². The summed E-state index contributed by atoms with van der Waals surface area (Å²) in [5, 5.41) is 30.2. The molecular formula is C25H30O10. The fraction of sp³-hybridized carbons (Fsp3) is 0.440.